The molecule has 4 aromatic rings. The van der Waals surface area contributed by atoms with Crippen LogP contribution in [0.4, 0.5) is 11.6 Å². The summed E-state index contributed by atoms with van der Waals surface area (Å²) >= 11 is 1.31. The number of thiazole rings is 1. The molecule has 11 nitrogen and oxygen atoms in total. The van der Waals surface area contributed by atoms with Crippen molar-refractivity contribution in [2.45, 2.75) is 0 Å². The van der Waals surface area contributed by atoms with Gasteiger partial charge in [-0.2, -0.15) is 10.1 Å². The predicted octanol–water partition coefficient (Wildman–Crippen LogP) is 1.70. The first-order valence-electron chi connectivity index (χ1n) is 7.47. The van der Waals surface area contributed by atoms with E-state index >= 15 is 0 Å². The number of rotatable bonds is 4. The van der Waals surface area contributed by atoms with E-state index in [1.54, 1.807) is 12.1 Å². The number of H-pyrrole nitrogens is 1. The van der Waals surface area contributed by atoms with E-state index in [2.05, 4.69) is 25.6 Å². The minimum absolute atomic E-state index is 0.00910. The fourth-order valence-corrected chi connectivity index (χ4v) is 3.15. The third-order valence-corrected chi connectivity index (χ3v) is 4.41. The van der Waals surface area contributed by atoms with Gasteiger partial charge in [0, 0.05) is 29.1 Å². The van der Waals surface area contributed by atoms with Crippen LogP contribution in [0.15, 0.2) is 46.6 Å². The predicted molar refractivity (Wildman–Crippen MR) is 95.8 cm³/mol. The monoisotopic (exact) mass is 383 g/mol. The first kappa shape index (κ1) is 16.5. The number of anilines is 1. The van der Waals surface area contributed by atoms with Crippen molar-refractivity contribution in [3.05, 3.63) is 67.9 Å². The van der Waals surface area contributed by atoms with E-state index in [1.165, 1.54) is 40.1 Å². The second-order valence-electron chi connectivity index (χ2n) is 5.32. The van der Waals surface area contributed by atoms with Crippen LogP contribution in [0.3, 0.4) is 0 Å². The van der Waals surface area contributed by atoms with E-state index in [9.17, 15) is 19.7 Å². The second kappa shape index (κ2) is 6.42. The molecule has 0 aliphatic heterocycles. The lowest BCUT2D eigenvalue weighted by atomic mass is 10.1. The molecule has 1 aromatic carbocycles. The van der Waals surface area contributed by atoms with Gasteiger partial charge in [0.2, 0.25) is 4.96 Å². The van der Waals surface area contributed by atoms with Crippen LogP contribution < -0.4 is 10.9 Å². The zero-order valence-electron chi connectivity index (χ0n) is 13.3. The smallest absolute Gasteiger partial charge is 0.278 e. The molecule has 0 saturated carbocycles. The van der Waals surface area contributed by atoms with Crippen LogP contribution in [-0.2, 0) is 0 Å². The molecule has 0 atom stereocenters. The van der Waals surface area contributed by atoms with Crippen LogP contribution in [0.25, 0.3) is 16.2 Å². The summed E-state index contributed by atoms with van der Waals surface area (Å²) in [6.07, 6.45) is 0. The summed E-state index contributed by atoms with van der Waals surface area (Å²) in [7, 11) is 0. The van der Waals surface area contributed by atoms with Gasteiger partial charge in [-0.15, -0.1) is 16.4 Å². The Kier molecular flexibility index (Phi) is 3.93. The molecule has 1 amide bonds. The first-order chi connectivity index (χ1) is 13.0. The number of nitro benzene ring substituents is 1. The number of aromatic nitrogens is 5. The van der Waals surface area contributed by atoms with Crippen LogP contribution in [0.1, 0.15) is 10.5 Å². The highest BCUT2D eigenvalue weighted by Crippen LogP contribution is 2.27. The van der Waals surface area contributed by atoms with Gasteiger partial charge in [0.05, 0.1) is 10.6 Å². The molecule has 134 valence electrons. The van der Waals surface area contributed by atoms with Gasteiger partial charge >= 0.3 is 0 Å². The summed E-state index contributed by atoms with van der Waals surface area (Å²) in [4.78, 5) is 38.2. The summed E-state index contributed by atoms with van der Waals surface area (Å²) in [6, 6.07) is 8.51. The third kappa shape index (κ3) is 3.16. The van der Waals surface area contributed by atoms with Gasteiger partial charge < -0.3 is 0 Å². The Balaban J connectivity index is 1.62. The number of amides is 1. The molecule has 0 aliphatic carbocycles. The van der Waals surface area contributed by atoms with Crippen molar-refractivity contribution < 1.29 is 9.72 Å². The number of hydrogen-bond donors (Lipinski definition) is 2. The number of carbonyl (C=O) groups is 1. The van der Waals surface area contributed by atoms with Crippen LogP contribution in [0.2, 0.25) is 0 Å². The number of carbonyl (C=O) groups excluding carboxylic acids is 1. The molecule has 27 heavy (non-hydrogen) atoms. The van der Waals surface area contributed by atoms with Gasteiger partial charge in [0.25, 0.3) is 23.1 Å². The van der Waals surface area contributed by atoms with Gasteiger partial charge in [0.1, 0.15) is 5.69 Å². The Morgan fingerprint density at radius 3 is 2.67 bits per heavy atom. The number of fused-ring (bicyclic) bond motifs is 1. The van der Waals surface area contributed by atoms with Crippen molar-refractivity contribution in [1.82, 2.24) is 24.8 Å². The summed E-state index contributed by atoms with van der Waals surface area (Å²) in [6.45, 7) is 0. The molecule has 3 heterocycles. The van der Waals surface area contributed by atoms with Gasteiger partial charge in [0.15, 0.2) is 0 Å². The van der Waals surface area contributed by atoms with E-state index in [1.807, 2.05) is 5.38 Å². The van der Waals surface area contributed by atoms with Crippen LogP contribution >= 0.6 is 11.3 Å². The van der Waals surface area contributed by atoms with E-state index in [0.29, 0.717) is 10.7 Å². The molecular formula is C15H9N7O4S. The molecule has 0 saturated heterocycles. The Morgan fingerprint density at radius 1 is 1.22 bits per heavy atom. The summed E-state index contributed by atoms with van der Waals surface area (Å²) in [5, 5.41) is 25.1. The fraction of sp³-hybridized carbons (Fsp3) is 0. The Labute approximate surface area is 153 Å². The molecule has 0 unspecified atom stereocenters. The van der Waals surface area contributed by atoms with Gasteiger partial charge in [-0.05, 0) is 18.2 Å². The summed E-state index contributed by atoms with van der Waals surface area (Å²) in [5.74, 6) is -0.496. The van der Waals surface area contributed by atoms with E-state index in [-0.39, 0.29) is 17.3 Å². The average Bonchev–Trinajstić information content (AvgIpc) is 3.22. The quantitative estimate of drug-likeness (QED) is 0.402. The SMILES string of the molecule is O=C(Nc1nc2scc(-c3ccc([N+](=O)[O-])cc3)n2n1)c1ccc(=O)[nH]n1. The van der Waals surface area contributed by atoms with Crippen LogP contribution in [0.5, 0.6) is 0 Å². The molecule has 0 spiro atoms. The fourth-order valence-electron chi connectivity index (χ4n) is 2.32. The van der Waals surface area contributed by atoms with Crippen LogP contribution in [0, 0.1) is 10.1 Å². The maximum Gasteiger partial charge on any atom is 0.278 e. The van der Waals surface area contributed by atoms with Crippen molar-refractivity contribution in [2.24, 2.45) is 0 Å². The zero-order valence-corrected chi connectivity index (χ0v) is 14.1. The minimum atomic E-state index is -0.568. The second-order valence-corrected chi connectivity index (χ2v) is 6.15. The number of nitrogens with one attached hydrogen (secondary N) is 2. The molecule has 0 fully saturated rings. The third-order valence-electron chi connectivity index (χ3n) is 3.59. The number of nitro groups is 1. The van der Waals surface area contributed by atoms with Crippen molar-refractivity contribution in [3.63, 3.8) is 0 Å². The number of non-ortho nitro benzene ring substituents is 1. The number of benzene rings is 1. The van der Waals surface area contributed by atoms with Gasteiger partial charge in [-0.3, -0.25) is 25.0 Å². The minimum Gasteiger partial charge on any atom is -0.288 e. The zero-order chi connectivity index (χ0) is 19.0. The topological polar surface area (TPSA) is 148 Å². The van der Waals surface area contributed by atoms with E-state index in [0.717, 1.165) is 5.56 Å². The lowest BCUT2D eigenvalue weighted by Gasteiger charge is -2.00. The van der Waals surface area contributed by atoms with Crippen molar-refractivity contribution in [1.29, 1.82) is 0 Å². The van der Waals surface area contributed by atoms with Crippen molar-refractivity contribution >= 4 is 33.8 Å². The molecule has 0 radical (unpaired) electrons. The lowest BCUT2D eigenvalue weighted by molar-refractivity contribution is -0.384. The standard InChI is InChI=1S/C15H9N7O4S/c23-12-6-5-10(18-19-12)13(24)16-14-17-15-21(20-14)11(7-27-15)8-1-3-9(4-2-8)22(25)26/h1-7H,(H,19,23)(H,16,20,24). The maximum absolute atomic E-state index is 12.1. The highest BCUT2D eigenvalue weighted by molar-refractivity contribution is 7.15. The molecule has 4 rings (SSSR count). The van der Waals surface area contributed by atoms with E-state index < -0.39 is 16.4 Å². The number of aromatic amines is 1. The molecular weight excluding hydrogens is 374 g/mol. The Morgan fingerprint density at radius 2 is 2.00 bits per heavy atom. The van der Waals surface area contributed by atoms with Gasteiger partial charge in [-0.1, -0.05) is 0 Å². The molecule has 0 aliphatic rings. The summed E-state index contributed by atoms with van der Waals surface area (Å²) in [5.41, 5.74) is 0.991. The van der Waals surface area contributed by atoms with Crippen molar-refractivity contribution in [3.8, 4) is 11.3 Å². The average molecular weight is 383 g/mol. The number of hydrogen-bond acceptors (Lipinski definition) is 8. The van der Waals surface area contributed by atoms with E-state index in [4.69, 9.17) is 0 Å². The summed E-state index contributed by atoms with van der Waals surface area (Å²) < 4.78 is 1.53. The van der Waals surface area contributed by atoms with Crippen molar-refractivity contribution in [2.75, 3.05) is 5.32 Å². The Hall–Kier alpha value is -3.93. The molecule has 2 N–H and O–H groups in total. The largest absolute Gasteiger partial charge is 0.288 e. The molecule has 3 aromatic heterocycles. The molecule has 12 heteroatoms. The normalized spacial score (nSPS) is 10.8. The van der Waals surface area contributed by atoms with Gasteiger partial charge in [-0.25, -0.2) is 9.61 Å². The highest BCUT2D eigenvalue weighted by atomic mass is 32.1. The lowest BCUT2D eigenvalue weighted by Crippen LogP contribution is -2.18. The first-order valence-corrected chi connectivity index (χ1v) is 8.35. The van der Waals surface area contributed by atoms with Crippen LogP contribution in [-0.4, -0.2) is 35.6 Å². The molecule has 0 bridgehead atoms. The number of nitrogens with zero attached hydrogens (tertiary/aromatic N) is 5. The maximum atomic E-state index is 12.1. The highest BCUT2D eigenvalue weighted by Gasteiger charge is 2.15. The Bertz CT molecular complexity index is 1200.